The molecule has 2 rings (SSSR count). The number of anilines is 1. The van der Waals surface area contributed by atoms with Crippen LogP contribution in [-0.2, 0) is 14.8 Å². The van der Waals surface area contributed by atoms with E-state index in [1.165, 1.54) is 30.3 Å². The average Bonchev–Trinajstić information content (AvgIpc) is 2.57. The number of hydrogen-bond donors (Lipinski definition) is 2. The highest BCUT2D eigenvalue weighted by atomic mass is 35.5. The highest BCUT2D eigenvalue weighted by molar-refractivity contribution is 7.92. The number of amides is 1. The lowest BCUT2D eigenvalue weighted by molar-refractivity contribution is 0.0937. The lowest BCUT2D eigenvalue weighted by Gasteiger charge is -2.12. The number of ether oxygens (including phenoxy) is 1. The van der Waals surface area contributed by atoms with Gasteiger partial charge in [0.15, 0.2) is 0 Å². The van der Waals surface area contributed by atoms with Crippen molar-refractivity contribution in [3.63, 3.8) is 0 Å². The molecule has 8 heteroatoms. The van der Waals surface area contributed by atoms with Crippen molar-refractivity contribution in [1.29, 1.82) is 0 Å². The molecule has 0 aromatic heterocycles. The van der Waals surface area contributed by atoms with Crippen molar-refractivity contribution in [1.82, 2.24) is 5.32 Å². The van der Waals surface area contributed by atoms with E-state index in [0.29, 0.717) is 35.0 Å². The maximum Gasteiger partial charge on any atom is 0.261 e. The van der Waals surface area contributed by atoms with Gasteiger partial charge in [0.25, 0.3) is 15.9 Å². The van der Waals surface area contributed by atoms with Crippen LogP contribution in [0.4, 0.5) is 5.69 Å². The molecular formula is C17H19ClN2O4S. The summed E-state index contributed by atoms with van der Waals surface area (Å²) in [5, 5.41) is 3.14. The highest BCUT2D eigenvalue weighted by Crippen LogP contribution is 2.22. The third kappa shape index (κ3) is 5.19. The van der Waals surface area contributed by atoms with Crippen LogP contribution in [0.5, 0.6) is 0 Å². The minimum Gasteiger partial charge on any atom is -0.383 e. The van der Waals surface area contributed by atoms with Crippen molar-refractivity contribution in [3.8, 4) is 0 Å². The van der Waals surface area contributed by atoms with Gasteiger partial charge in [0, 0.05) is 24.2 Å². The first kappa shape index (κ1) is 19.2. The third-order valence-electron chi connectivity index (χ3n) is 3.46. The van der Waals surface area contributed by atoms with E-state index >= 15 is 0 Å². The Morgan fingerprint density at radius 1 is 1.16 bits per heavy atom. The van der Waals surface area contributed by atoms with E-state index < -0.39 is 10.0 Å². The molecule has 0 atom stereocenters. The molecule has 0 unspecified atom stereocenters. The Bertz CT molecular complexity index is 851. The molecule has 2 N–H and O–H groups in total. The quantitative estimate of drug-likeness (QED) is 0.721. The van der Waals surface area contributed by atoms with Crippen LogP contribution in [0.2, 0.25) is 5.02 Å². The van der Waals surface area contributed by atoms with Gasteiger partial charge in [0.1, 0.15) is 0 Å². The molecule has 0 bridgehead atoms. The summed E-state index contributed by atoms with van der Waals surface area (Å²) in [6.45, 7) is 2.52. The first-order valence-electron chi connectivity index (χ1n) is 7.49. The molecule has 2 aromatic rings. The Morgan fingerprint density at radius 2 is 1.84 bits per heavy atom. The molecule has 0 aliphatic carbocycles. The summed E-state index contributed by atoms with van der Waals surface area (Å²) in [6.07, 6.45) is 0. The Balaban J connectivity index is 2.22. The topological polar surface area (TPSA) is 84.5 Å². The Morgan fingerprint density at radius 3 is 2.48 bits per heavy atom. The van der Waals surface area contributed by atoms with E-state index in [2.05, 4.69) is 10.0 Å². The average molecular weight is 383 g/mol. The van der Waals surface area contributed by atoms with Crippen LogP contribution >= 0.6 is 11.6 Å². The number of methoxy groups -OCH3 is 1. The fraction of sp³-hybridized carbons (Fsp3) is 0.235. The predicted molar refractivity (Wildman–Crippen MR) is 97.6 cm³/mol. The van der Waals surface area contributed by atoms with Crippen molar-refractivity contribution in [2.24, 2.45) is 0 Å². The molecule has 1 amide bonds. The monoisotopic (exact) mass is 382 g/mol. The smallest absolute Gasteiger partial charge is 0.261 e. The molecule has 0 fully saturated rings. The van der Waals surface area contributed by atoms with Crippen molar-refractivity contribution in [3.05, 3.63) is 58.6 Å². The minimum absolute atomic E-state index is 0.0891. The molecule has 0 heterocycles. The van der Waals surface area contributed by atoms with Crippen molar-refractivity contribution in [2.45, 2.75) is 11.8 Å². The van der Waals surface area contributed by atoms with Gasteiger partial charge in [0.2, 0.25) is 0 Å². The zero-order valence-electron chi connectivity index (χ0n) is 13.9. The second-order valence-corrected chi connectivity index (χ2v) is 7.46. The lowest BCUT2D eigenvalue weighted by Crippen LogP contribution is -2.27. The summed E-state index contributed by atoms with van der Waals surface area (Å²) in [4.78, 5) is 12.2. The second-order valence-electron chi connectivity index (χ2n) is 5.34. The number of nitrogens with one attached hydrogen (secondary N) is 2. The first-order valence-corrected chi connectivity index (χ1v) is 9.36. The maximum atomic E-state index is 12.5. The van der Waals surface area contributed by atoms with Gasteiger partial charge >= 0.3 is 0 Å². The zero-order chi connectivity index (χ0) is 18.4. The Hall–Kier alpha value is -2.09. The molecule has 0 spiro atoms. The van der Waals surface area contributed by atoms with Crippen LogP contribution < -0.4 is 10.0 Å². The summed E-state index contributed by atoms with van der Waals surface area (Å²) in [5.41, 5.74) is 1.40. The number of sulfonamides is 1. The van der Waals surface area contributed by atoms with Gasteiger partial charge in [-0.2, -0.15) is 0 Å². The molecule has 2 aromatic carbocycles. The lowest BCUT2D eigenvalue weighted by atomic mass is 10.1. The summed E-state index contributed by atoms with van der Waals surface area (Å²) in [6, 6.07) is 10.7. The standard InChI is InChI=1S/C17H19ClN2O4S/c1-12-3-4-13(17(21)19-9-10-24-2)11-16(12)20-25(22,23)15-7-5-14(18)6-8-15/h3-8,11,20H,9-10H2,1-2H3,(H,19,21). The van der Waals surface area contributed by atoms with Crippen LogP contribution in [0, 0.1) is 6.92 Å². The number of benzene rings is 2. The van der Waals surface area contributed by atoms with Crippen molar-refractivity contribution in [2.75, 3.05) is 25.0 Å². The number of aryl methyl sites for hydroxylation is 1. The molecular weight excluding hydrogens is 364 g/mol. The van der Waals surface area contributed by atoms with Gasteiger partial charge in [-0.1, -0.05) is 17.7 Å². The van der Waals surface area contributed by atoms with Gasteiger partial charge in [-0.05, 0) is 48.9 Å². The molecule has 25 heavy (non-hydrogen) atoms. The fourth-order valence-electron chi connectivity index (χ4n) is 2.06. The van der Waals surface area contributed by atoms with Crippen molar-refractivity contribution >= 4 is 33.2 Å². The van der Waals surface area contributed by atoms with Gasteiger partial charge in [-0.15, -0.1) is 0 Å². The van der Waals surface area contributed by atoms with E-state index in [-0.39, 0.29) is 10.8 Å². The molecule has 0 aliphatic rings. The summed E-state index contributed by atoms with van der Waals surface area (Å²) in [5.74, 6) is -0.302. The molecule has 0 radical (unpaired) electrons. The first-order chi connectivity index (χ1) is 11.8. The summed E-state index contributed by atoms with van der Waals surface area (Å²) in [7, 11) is -2.23. The van der Waals surface area contributed by atoms with Crippen LogP contribution in [0.3, 0.4) is 0 Å². The number of halogens is 1. The number of hydrogen-bond acceptors (Lipinski definition) is 4. The molecule has 6 nitrogen and oxygen atoms in total. The van der Waals surface area contributed by atoms with E-state index in [1.54, 1.807) is 26.2 Å². The Labute approximate surface area is 152 Å². The van der Waals surface area contributed by atoms with Gasteiger partial charge in [0.05, 0.1) is 17.2 Å². The normalized spacial score (nSPS) is 11.2. The van der Waals surface area contributed by atoms with Crippen molar-refractivity contribution < 1.29 is 17.9 Å². The van der Waals surface area contributed by atoms with Crippen LogP contribution in [-0.4, -0.2) is 34.6 Å². The summed E-state index contributed by atoms with van der Waals surface area (Å²) >= 11 is 5.79. The van der Waals surface area contributed by atoms with E-state index in [4.69, 9.17) is 16.3 Å². The van der Waals surface area contributed by atoms with Gasteiger partial charge < -0.3 is 10.1 Å². The molecule has 134 valence electrons. The van der Waals surface area contributed by atoms with Gasteiger partial charge in [-0.25, -0.2) is 8.42 Å². The number of carbonyl (C=O) groups excluding carboxylic acids is 1. The second kappa shape index (κ2) is 8.33. The van der Waals surface area contributed by atoms with E-state index in [9.17, 15) is 13.2 Å². The Kier molecular flexibility index (Phi) is 6.41. The van der Waals surface area contributed by atoms with E-state index in [1.807, 2.05) is 0 Å². The van der Waals surface area contributed by atoms with E-state index in [0.717, 1.165) is 0 Å². The van der Waals surface area contributed by atoms with Crippen LogP contribution in [0.15, 0.2) is 47.4 Å². The third-order valence-corrected chi connectivity index (χ3v) is 5.09. The molecule has 0 saturated heterocycles. The fourth-order valence-corrected chi connectivity index (χ4v) is 3.31. The molecule has 0 aliphatic heterocycles. The molecule has 0 saturated carbocycles. The number of rotatable bonds is 7. The zero-order valence-corrected chi connectivity index (χ0v) is 15.4. The predicted octanol–water partition coefficient (Wildman–Crippen LogP) is 2.83. The summed E-state index contributed by atoms with van der Waals surface area (Å²) < 4.78 is 32.4. The van der Waals surface area contributed by atoms with Crippen LogP contribution in [0.1, 0.15) is 15.9 Å². The number of carbonyl (C=O) groups is 1. The minimum atomic E-state index is -3.78. The maximum absolute atomic E-state index is 12.5. The SMILES string of the molecule is COCCNC(=O)c1ccc(C)c(NS(=O)(=O)c2ccc(Cl)cc2)c1. The van der Waals surface area contributed by atoms with Gasteiger partial charge in [-0.3, -0.25) is 9.52 Å². The highest BCUT2D eigenvalue weighted by Gasteiger charge is 2.16. The largest absolute Gasteiger partial charge is 0.383 e. The van der Waals surface area contributed by atoms with Crippen LogP contribution in [0.25, 0.3) is 0 Å².